The molecule has 0 saturated carbocycles. The van der Waals surface area contributed by atoms with Gasteiger partial charge in [0.1, 0.15) is 17.7 Å². The molecule has 0 aliphatic carbocycles. The van der Waals surface area contributed by atoms with Gasteiger partial charge in [0.25, 0.3) is 5.91 Å². The number of carbonyl (C=O) groups excluding carboxylic acids is 1. The van der Waals surface area contributed by atoms with E-state index in [-0.39, 0.29) is 21.5 Å². The summed E-state index contributed by atoms with van der Waals surface area (Å²) in [5.41, 5.74) is 0.590. The molecule has 0 radical (unpaired) electrons. The molecule has 1 aromatic heterocycles. The SMILES string of the molecule is N#Cc1cccnc1N1CCCN(C(=O)c2cc(F)c(Cl)cc2Cl)CC1. The zero-order valence-electron chi connectivity index (χ0n) is 13.8. The first-order valence-electron chi connectivity index (χ1n) is 8.05. The maximum atomic E-state index is 13.7. The standard InChI is InChI=1S/C18H15Cl2FN4O/c19-14-10-15(20)16(21)9-13(14)18(26)25-6-2-5-24(7-8-25)17-12(11-22)3-1-4-23-17/h1,3-4,9-10H,2,5-8H2. The van der Waals surface area contributed by atoms with E-state index in [0.717, 1.165) is 6.07 Å². The van der Waals surface area contributed by atoms with Crippen LogP contribution in [0.4, 0.5) is 10.2 Å². The number of anilines is 1. The van der Waals surface area contributed by atoms with Crippen molar-refractivity contribution >= 4 is 34.9 Å². The quantitative estimate of drug-likeness (QED) is 0.730. The van der Waals surface area contributed by atoms with Gasteiger partial charge >= 0.3 is 0 Å². The van der Waals surface area contributed by atoms with Gasteiger partial charge in [-0.3, -0.25) is 4.79 Å². The Kier molecular flexibility index (Phi) is 5.60. The highest BCUT2D eigenvalue weighted by Crippen LogP contribution is 2.26. The second kappa shape index (κ2) is 7.90. The predicted octanol–water partition coefficient (Wildman–Crippen LogP) is 3.75. The predicted molar refractivity (Wildman–Crippen MR) is 98.1 cm³/mol. The maximum absolute atomic E-state index is 13.7. The van der Waals surface area contributed by atoms with Gasteiger partial charge in [0.15, 0.2) is 0 Å². The minimum atomic E-state index is -0.678. The molecule has 1 amide bonds. The zero-order chi connectivity index (χ0) is 18.7. The van der Waals surface area contributed by atoms with Crippen LogP contribution in [-0.4, -0.2) is 42.0 Å². The van der Waals surface area contributed by atoms with E-state index in [1.54, 1.807) is 23.2 Å². The number of halogens is 3. The fourth-order valence-electron chi connectivity index (χ4n) is 2.93. The molecule has 1 aromatic carbocycles. The molecule has 1 aliphatic rings. The summed E-state index contributed by atoms with van der Waals surface area (Å²) in [6, 6.07) is 7.88. The van der Waals surface area contributed by atoms with E-state index in [1.165, 1.54) is 6.07 Å². The van der Waals surface area contributed by atoms with Crippen molar-refractivity contribution < 1.29 is 9.18 Å². The van der Waals surface area contributed by atoms with Crippen LogP contribution in [0.5, 0.6) is 0 Å². The lowest BCUT2D eigenvalue weighted by Crippen LogP contribution is -2.35. The van der Waals surface area contributed by atoms with Crippen molar-refractivity contribution in [3.8, 4) is 6.07 Å². The fourth-order valence-corrected chi connectivity index (χ4v) is 3.39. The molecule has 2 aromatic rings. The summed E-state index contributed by atoms with van der Waals surface area (Å²) >= 11 is 11.8. The van der Waals surface area contributed by atoms with Crippen LogP contribution in [0.2, 0.25) is 10.0 Å². The number of hydrogen-bond donors (Lipinski definition) is 0. The van der Waals surface area contributed by atoms with Crippen molar-refractivity contribution in [2.45, 2.75) is 6.42 Å². The topological polar surface area (TPSA) is 60.2 Å². The first-order chi connectivity index (χ1) is 12.5. The minimum absolute atomic E-state index is 0.0950. The Morgan fingerprint density at radius 2 is 2.00 bits per heavy atom. The van der Waals surface area contributed by atoms with Gasteiger partial charge in [-0.1, -0.05) is 23.2 Å². The van der Waals surface area contributed by atoms with Crippen molar-refractivity contribution in [3.05, 3.63) is 57.5 Å². The Hall–Kier alpha value is -2.36. The Morgan fingerprint density at radius 1 is 1.19 bits per heavy atom. The van der Waals surface area contributed by atoms with E-state index >= 15 is 0 Å². The third-order valence-electron chi connectivity index (χ3n) is 4.23. The normalized spacial score (nSPS) is 14.7. The van der Waals surface area contributed by atoms with Gasteiger partial charge in [-0.05, 0) is 30.7 Å². The van der Waals surface area contributed by atoms with E-state index in [0.29, 0.717) is 44.0 Å². The highest BCUT2D eigenvalue weighted by atomic mass is 35.5. The van der Waals surface area contributed by atoms with Crippen molar-refractivity contribution in [2.75, 3.05) is 31.1 Å². The van der Waals surface area contributed by atoms with Crippen LogP contribution >= 0.6 is 23.2 Å². The molecule has 0 spiro atoms. The monoisotopic (exact) mass is 392 g/mol. The number of pyridine rings is 1. The molecule has 5 nitrogen and oxygen atoms in total. The molecule has 0 N–H and O–H groups in total. The van der Waals surface area contributed by atoms with Crippen molar-refractivity contribution in [3.63, 3.8) is 0 Å². The van der Waals surface area contributed by atoms with Crippen LogP contribution in [0.15, 0.2) is 30.5 Å². The molecule has 8 heteroatoms. The van der Waals surface area contributed by atoms with E-state index in [4.69, 9.17) is 23.2 Å². The van der Waals surface area contributed by atoms with Crippen LogP contribution in [0.25, 0.3) is 0 Å². The van der Waals surface area contributed by atoms with Gasteiger partial charge in [0.2, 0.25) is 0 Å². The molecular weight excluding hydrogens is 378 g/mol. The summed E-state index contributed by atoms with van der Waals surface area (Å²) in [5, 5.41) is 9.25. The van der Waals surface area contributed by atoms with Crippen LogP contribution in [0.1, 0.15) is 22.3 Å². The number of hydrogen-bond acceptors (Lipinski definition) is 4. The zero-order valence-corrected chi connectivity index (χ0v) is 15.3. The Labute approximate surface area is 160 Å². The van der Waals surface area contributed by atoms with Crippen LogP contribution in [-0.2, 0) is 0 Å². The third-order valence-corrected chi connectivity index (χ3v) is 4.83. The average molecular weight is 393 g/mol. The number of nitriles is 1. The molecule has 1 fully saturated rings. The minimum Gasteiger partial charge on any atom is -0.354 e. The lowest BCUT2D eigenvalue weighted by molar-refractivity contribution is 0.0766. The summed E-state index contributed by atoms with van der Waals surface area (Å²) in [7, 11) is 0. The van der Waals surface area contributed by atoms with Gasteiger partial charge in [-0.2, -0.15) is 5.26 Å². The molecule has 1 aliphatic heterocycles. The fraction of sp³-hybridized carbons (Fsp3) is 0.278. The van der Waals surface area contributed by atoms with Crippen LogP contribution in [0, 0.1) is 17.1 Å². The second-order valence-electron chi connectivity index (χ2n) is 5.87. The molecule has 0 atom stereocenters. The number of rotatable bonds is 2. The van der Waals surface area contributed by atoms with Gasteiger partial charge in [0.05, 0.1) is 21.2 Å². The number of carbonyl (C=O) groups is 1. The molecule has 134 valence electrons. The second-order valence-corrected chi connectivity index (χ2v) is 6.68. The first kappa shape index (κ1) is 18.4. The van der Waals surface area contributed by atoms with Crippen molar-refractivity contribution in [1.82, 2.24) is 9.88 Å². The van der Waals surface area contributed by atoms with Crippen molar-refractivity contribution in [1.29, 1.82) is 5.26 Å². The molecule has 3 rings (SSSR count). The summed E-state index contributed by atoms with van der Waals surface area (Å²) in [6.07, 6.45) is 2.33. The van der Waals surface area contributed by atoms with Gasteiger partial charge in [-0.15, -0.1) is 0 Å². The molecule has 1 saturated heterocycles. The molecule has 2 heterocycles. The summed E-state index contributed by atoms with van der Waals surface area (Å²) in [5.74, 6) is -0.406. The summed E-state index contributed by atoms with van der Waals surface area (Å²) < 4.78 is 13.7. The number of benzene rings is 1. The van der Waals surface area contributed by atoms with E-state index in [9.17, 15) is 14.4 Å². The Balaban J connectivity index is 1.78. The van der Waals surface area contributed by atoms with E-state index in [2.05, 4.69) is 11.1 Å². The first-order valence-corrected chi connectivity index (χ1v) is 8.80. The Morgan fingerprint density at radius 3 is 2.77 bits per heavy atom. The number of amides is 1. The van der Waals surface area contributed by atoms with Crippen LogP contribution in [0.3, 0.4) is 0 Å². The Bertz CT molecular complexity index is 884. The lowest BCUT2D eigenvalue weighted by Gasteiger charge is -2.23. The molecule has 0 unspecified atom stereocenters. The average Bonchev–Trinajstić information content (AvgIpc) is 2.90. The summed E-state index contributed by atoms with van der Waals surface area (Å²) in [4.78, 5) is 20.7. The largest absolute Gasteiger partial charge is 0.354 e. The summed E-state index contributed by atoms with van der Waals surface area (Å²) in [6.45, 7) is 2.11. The molecular formula is C18H15Cl2FN4O. The van der Waals surface area contributed by atoms with E-state index < -0.39 is 5.82 Å². The number of aromatic nitrogens is 1. The number of nitrogens with zero attached hydrogens (tertiary/aromatic N) is 4. The highest BCUT2D eigenvalue weighted by Gasteiger charge is 2.24. The van der Waals surface area contributed by atoms with Gasteiger partial charge in [-0.25, -0.2) is 9.37 Å². The van der Waals surface area contributed by atoms with Gasteiger partial charge in [0, 0.05) is 32.4 Å². The van der Waals surface area contributed by atoms with Crippen molar-refractivity contribution in [2.24, 2.45) is 0 Å². The molecule has 0 bridgehead atoms. The third kappa shape index (κ3) is 3.74. The molecule has 26 heavy (non-hydrogen) atoms. The smallest absolute Gasteiger partial charge is 0.255 e. The highest BCUT2D eigenvalue weighted by molar-refractivity contribution is 6.36. The maximum Gasteiger partial charge on any atom is 0.255 e. The van der Waals surface area contributed by atoms with Gasteiger partial charge < -0.3 is 9.80 Å². The van der Waals surface area contributed by atoms with E-state index in [1.807, 2.05) is 4.90 Å². The lowest BCUT2D eigenvalue weighted by atomic mass is 10.2. The van der Waals surface area contributed by atoms with Crippen LogP contribution < -0.4 is 4.90 Å².